The minimum atomic E-state index is 0.795. The Labute approximate surface area is 104 Å². The fourth-order valence-electron chi connectivity index (χ4n) is 2.24. The van der Waals surface area contributed by atoms with Gasteiger partial charge in [0.2, 0.25) is 0 Å². The molecule has 0 fully saturated rings. The molecule has 0 rings (SSSR count). The zero-order valence-electron chi connectivity index (χ0n) is 12.4. The molecule has 0 aromatic rings. The van der Waals surface area contributed by atoms with Gasteiger partial charge in [-0.25, -0.2) is 0 Å². The van der Waals surface area contributed by atoms with Gasteiger partial charge in [0.05, 0.1) is 0 Å². The lowest BCUT2D eigenvalue weighted by atomic mass is 9.98. The molecule has 0 saturated carbocycles. The molecule has 1 atom stereocenters. The van der Waals surface area contributed by atoms with Crippen LogP contribution in [-0.4, -0.2) is 24.5 Å². The van der Waals surface area contributed by atoms with Crippen LogP contribution in [0.25, 0.3) is 0 Å². The summed E-state index contributed by atoms with van der Waals surface area (Å²) < 4.78 is 0. The molecule has 0 heterocycles. The van der Waals surface area contributed by atoms with Gasteiger partial charge in [0, 0.05) is 13.1 Å². The summed E-state index contributed by atoms with van der Waals surface area (Å²) in [5.74, 6) is 2.50. The van der Waals surface area contributed by atoms with Gasteiger partial charge in [-0.05, 0) is 37.1 Å². The average Bonchev–Trinajstić information content (AvgIpc) is 2.14. The quantitative estimate of drug-likeness (QED) is 0.563. The highest BCUT2D eigenvalue weighted by Gasteiger charge is 2.11. The maximum Gasteiger partial charge on any atom is 0.000713 e. The van der Waals surface area contributed by atoms with E-state index in [2.05, 4.69) is 46.4 Å². The minimum Gasteiger partial charge on any atom is -0.303 e. The molecule has 0 saturated heterocycles. The Bertz CT molecular complexity index is 152. The van der Waals surface area contributed by atoms with Crippen molar-refractivity contribution >= 4 is 0 Å². The second-order valence-corrected chi connectivity index (χ2v) is 6.23. The second-order valence-electron chi connectivity index (χ2n) is 6.23. The Morgan fingerprint density at radius 2 is 1.44 bits per heavy atom. The van der Waals surface area contributed by atoms with Crippen molar-refractivity contribution < 1.29 is 0 Å². The number of hydrogen-bond acceptors (Lipinski definition) is 1. The average molecular weight is 227 g/mol. The van der Waals surface area contributed by atoms with E-state index in [0.29, 0.717) is 0 Å². The van der Waals surface area contributed by atoms with E-state index >= 15 is 0 Å². The first-order chi connectivity index (χ1) is 7.45. The summed E-state index contributed by atoms with van der Waals surface area (Å²) in [7, 11) is 0. The third kappa shape index (κ3) is 9.21. The van der Waals surface area contributed by atoms with Crippen molar-refractivity contribution in [3.05, 3.63) is 0 Å². The molecule has 0 spiro atoms. The van der Waals surface area contributed by atoms with Crippen molar-refractivity contribution in [1.29, 1.82) is 0 Å². The minimum absolute atomic E-state index is 0.795. The van der Waals surface area contributed by atoms with Crippen LogP contribution in [0.15, 0.2) is 0 Å². The van der Waals surface area contributed by atoms with E-state index in [4.69, 9.17) is 0 Å². The van der Waals surface area contributed by atoms with Gasteiger partial charge in [0.25, 0.3) is 0 Å². The largest absolute Gasteiger partial charge is 0.303 e. The van der Waals surface area contributed by atoms with Crippen molar-refractivity contribution in [1.82, 2.24) is 4.90 Å². The van der Waals surface area contributed by atoms with Crippen LogP contribution in [0.4, 0.5) is 0 Å². The van der Waals surface area contributed by atoms with Crippen molar-refractivity contribution in [3.8, 4) is 0 Å². The van der Waals surface area contributed by atoms with E-state index in [1.54, 1.807) is 0 Å². The molecule has 0 aromatic heterocycles. The highest BCUT2D eigenvalue weighted by Crippen LogP contribution is 2.14. The maximum absolute atomic E-state index is 2.65. The first kappa shape index (κ1) is 16.0. The number of rotatable bonds is 9. The summed E-state index contributed by atoms with van der Waals surface area (Å²) >= 11 is 0. The highest BCUT2D eigenvalue weighted by molar-refractivity contribution is 4.65. The van der Waals surface area contributed by atoms with Crippen LogP contribution in [0.3, 0.4) is 0 Å². The topological polar surface area (TPSA) is 3.24 Å². The van der Waals surface area contributed by atoms with Crippen molar-refractivity contribution in [2.45, 2.75) is 60.8 Å². The van der Waals surface area contributed by atoms with Crippen LogP contribution in [0, 0.1) is 17.8 Å². The third-order valence-corrected chi connectivity index (χ3v) is 2.97. The maximum atomic E-state index is 2.65. The van der Waals surface area contributed by atoms with E-state index in [1.807, 2.05) is 0 Å². The molecule has 98 valence electrons. The van der Waals surface area contributed by atoms with E-state index in [1.165, 1.54) is 38.9 Å². The molecule has 0 amide bonds. The van der Waals surface area contributed by atoms with Crippen molar-refractivity contribution in [2.75, 3.05) is 19.6 Å². The molecule has 16 heavy (non-hydrogen) atoms. The summed E-state index contributed by atoms with van der Waals surface area (Å²) in [4.78, 5) is 2.65. The van der Waals surface area contributed by atoms with Crippen LogP contribution in [-0.2, 0) is 0 Å². The molecule has 0 N–H and O–H groups in total. The van der Waals surface area contributed by atoms with Crippen LogP contribution >= 0.6 is 0 Å². The first-order valence-electron chi connectivity index (χ1n) is 7.18. The van der Waals surface area contributed by atoms with Crippen molar-refractivity contribution in [3.63, 3.8) is 0 Å². The lowest BCUT2D eigenvalue weighted by Crippen LogP contribution is -2.32. The molecule has 0 aliphatic heterocycles. The molecule has 0 aliphatic carbocycles. The monoisotopic (exact) mass is 227 g/mol. The molecule has 1 nitrogen and oxygen atoms in total. The predicted octanol–water partition coefficient (Wildman–Crippen LogP) is 4.43. The Morgan fingerprint density at radius 3 is 1.88 bits per heavy atom. The Hall–Kier alpha value is -0.0400. The molecule has 0 radical (unpaired) electrons. The summed E-state index contributed by atoms with van der Waals surface area (Å²) in [6.45, 7) is 17.8. The van der Waals surface area contributed by atoms with Gasteiger partial charge in [0.1, 0.15) is 0 Å². The molecule has 0 aliphatic rings. The second kappa shape index (κ2) is 9.04. The molecule has 0 bridgehead atoms. The number of hydrogen-bond donors (Lipinski definition) is 0. The summed E-state index contributed by atoms with van der Waals surface area (Å²) in [6, 6.07) is 0. The zero-order valence-corrected chi connectivity index (χ0v) is 12.4. The molecular formula is C15H33N. The number of nitrogens with zero attached hydrogens (tertiary/aromatic N) is 1. The van der Waals surface area contributed by atoms with Gasteiger partial charge in [-0.3, -0.25) is 0 Å². The van der Waals surface area contributed by atoms with Gasteiger partial charge in [-0.15, -0.1) is 0 Å². The van der Waals surface area contributed by atoms with E-state index in [-0.39, 0.29) is 0 Å². The summed E-state index contributed by atoms with van der Waals surface area (Å²) in [5.41, 5.74) is 0. The smallest absolute Gasteiger partial charge is 0.000713 e. The standard InChI is InChI=1S/C15H33N/c1-7-10-16(11-14(4)5)12-15(6)9-8-13(2)3/h13-15H,7-12H2,1-6H3. The Kier molecular flexibility index (Phi) is 9.02. The highest BCUT2D eigenvalue weighted by atomic mass is 15.1. The lowest BCUT2D eigenvalue weighted by Gasteiger charge is -2.27. The van der Waals surface area contributed by atoms with Gasteiger partial charge in [-0.1, -0.05) is 48.0 Å². The molecule has 1 heteroatoms. The van der Waals surface area contributed by atoms with Crippen LogP contribution < -0.4 is 0 Å². The summed E-state index contributed by atoms with van der Waals surface area (Å²) in [6.07, 6.45) is 4.04. The molecular weight excluding hydrogens is 194 g/mol. The summed E-state index contributed by atoms with van der Waals surface area (Å²) in [5, 5.41) is 0. The van der Waals surface area contributed by atoms with Crippen molar-refractivity contribution in [2.24, 2.45) is 17.8 Å². The van der Waals surface area contributed by atoms with Crippen LogP contribution in [0.1, 0.15) is 60.8 Å². The zero-order chi connectivity index (χ0) is 12.6. The Balaban J connectivity index is 3.87. The third-order valence-electron chi connectivity index (χ3n) is 2.97. The van der Waals surface area contributed by atoms with Gasteiger partial charge in [-0.2, -0.15) is 0 Å². The lowest BCUT2D eigenvalue weighted by molar-refractivity contribution is 0.206. The van der Waals surface area contributed by atoms with Crippen LogP contribution in [0.5, 0.6) is 0 Å². The van der Waals surface area contributed by atoms with Crippen LogP contribution in [0.2, 0.25) is 0 Å². The molecule has 1 unspecified atom stereocenters. The normalized spacial score (nSPS) is 14.1. The van der Waals surface area contributed by atoms with E-state index < -0.39 is 0 Å². The van der Waals surface area contributed by atoms with Gasteiger partial charge in [0.15, 0.2) is 0 Å². The van der Waals surface area contributed by atoms with E-state index in [0.717, 1.165) is 17.8 Å². The van der Waals surface area contributed by atoms with Gasteiger partial charge >= 0.3 is 0 Å². The fourth-order valence-corrected chi connectivity index (χ4v) is 2.24. The first-order valence-corrected chi connectivity index (χ1v) is 7.18. The SMILES string of the molecule is CCCN(CC(C)C)CC(C)CCC(C)C. The Morgan fingerprint density at radius 1 is 0.812 bits per heavy atom. The van der Waals surface area contributed by atoms with Gasteiger partial charge < -0.3 is 4.90 Å². The van der Waals surface area contributed by atoms with E-state index in [9.17, 15) is 0 Å². The predicted molar refractivity (Wildman–Crippen MR) is 74.8 cm³/mol. The molecule has 0 aromatic carbocycles. The fraction of sp³-hybridized carbons (Fsp3) is 1.00.